The zero-order valence-electron chi connectivity index (χ0n) is 8.24. The summed E-state index contributed by atoms with van der Waals surface area (Å²) in [5.74, 6) is 0.656. The zero-order valence-corrected chi connectivity index (χ0v) is 8.24. The van der Waals surface area contributed by atoms with E-state index in [4.69, 9.17) is 5.73 Å². The maximum absolute atomic E-state index is 5.96. The number of pyridine rings is 1. The second-order valence-electron chi connectivity index (χ2n) is 3.24. The highest BCUT2D eigenvalue weighted by Crippen LogP contribution is 2.09. The molecule has 0 spiro atoms. The van der Waals surface area contributed by atoms with Crippen LogP contribution >= 0.6 is 0 Å². The smallest absolute Gasteiger partial charge is 0.145 e. The van der Waals surface area contributed by atoms with E-state index in [0.717, 1.165) is 5.69 Å². The summed E-state index contributed by atoms with van der Waals surface area (Å²) in [6.45, 7) is 0. The van der Waals surface area contributed by atoms with E-state index in [1.165, 1.54) is 0 Å². The van der Waals surface area contributed by atoms with Crippen molar-refractivity contribution in [2.24, 2.45) is 5.73 Å². The molecule has 0 fully saturated rings. The Labute approximate surface area is 88.2 Å². The molecule has 2 rings (SSSR count). The van der Waals surface area contributed by atoms with E-state index < -0.39 is 0 Å². The minimum Gasteiger partial charge on any atom is -0.321 e. The van der Waals surface area contributed by atoms with Gasteiger partial charge in [-0.25, -0.2) is 9.97 Å². The van der Waals surface area contributed by atoms with Gasteiger partial charge in [0.15, 0.2) is 0 Å². The van der Waals surface area contributed by atoms with E-state index in [9.17, 15) is 0 Å². The highest BCUT2D eigenvalue weighted by Gasteiger charge is 2.09. The Morgan fingerprint density at radius 1 is 1.00 bits per heavy atom. The summed E-state index contributed by atoms with van der Waals surface area (Å²) in [5.41, 5.74) is 6.92. The first kappa shape index (κ1) is 9.73. The molecule has 0 bridgehead atoms. The van der Waals surface area contributed by atoms with Crippen LogP contribution in [-0.2, 0) is 6.42 Å². The lowest BCUT2D eigenvalue weighted by atomic mass is 10.1. The van der Waals surface area contributed by atoms with Gasteiger partial charge in [0.1, 0.15) is 5.82 Å². The summed E-state index contributed by atoms with van der Waals surface area (Å²) >= 11 is 0. The van der Waals surface area contributed by atoms with Crippen molar-refractivity contribution in [1.82, 2.24) is 15.0 Å². The molecule has 2 heterocycles. The lowest BCUT2D eigenvalue weighted by Gasteiger charge is -2.08. The second-order valence-corrected chi connectivity index (χ2v) is 3.24. The molecule has 2 aromatic heterocycles. The Bertz CT molecular complexity index is 401. The average molecular weight is 200 g/mol. The van der Waals surface area contributed by atoms with E-state index in [1.54, 1.807) is 24.7 Å². The van der Waals surface area contributed by atoms with Gasteiger partial charge in [-0.05, 0) is 18.2 Å². The van der Waals surface area contributed by atoms with Gasteiger partial charge >= 0.3 is 0 Å². The van der Waals surface area contributed by atoms with Crippen LogP contribution in [0.2, 0.25) is 0 Å². The molecule has 0 radical (unpaired) electrons. The maximum Gasteiger partial charge on any atom is 0.145 e. The minimum atomic E-state index is -0.193. The predicted octanol–water partition coefficient (Wildman–Crippen LogP) is 1.11. The van der Waals surface area contributed by atoms with Gasteiger partial charge in [-0.15, -0.1) is 0 Å². The van der Waals surface area contributed by atoms with Crippen LogP contribution in [0.1, 0.15) is 17.6 Å². The van der Waals surface area contributed by atoms with Crippen LogP contribution in [0, 0.1) is 0 Å². The van der Waals surface area contributed by atoms with E-state index in [1.807, 2.05) is 18.2 Å². The molecule has 0 aromatic carbocycles. The van der Waals surface area contributed by atoms with Crippen LogP contribution in [-0.4, -0.2) is 15.0 Å². The summed E-state index contributed by atoms with van der Waals surface area (Å²) in [6, 6.07) is 7.36. The molecule has 0 aliphatic heterocycles. The molecule has 0 aliphatic carbocycles. The van der Waals surface area contributed by atoms with E-state index >= 15 is 0 Å². The van der Waals surface area contributed by atoms with Crippen molar-refractivity contribution in [2.75, 3.05) is 0 Å². The third-order valence-electron chi connectivity index (χ3n) is 2.07. The summed E-state index contributed by atoms with van der Waals surface area (Å²) in [6.07, 6.45) is 5.81. The van der Waals surface area contributed by atoms with Crippen LogP contribution in [0.25, 0.3) is 0 Å². The molecule has 0 amide bonds. The fraction of sp³-hybridized carbons (Fsp3) is 0.182. The Morgan fingerprint density at radius 3 is 2.40 bits per heavy atom. The summed E-state index contributed by atoms with van der Waals surface area (Å²) in [4.78, 5) is 12.4. The Hall–Kier alpha value is -1.81. The van der Waals surface area contributed by atoms with E-state index in [0.29, 0.717) is 12.2 Å². The molecule has 4 heteroatoms. The van der Waals surface area contributed by atoms with Crippen molar-refractivity contribution in [3.05, 3.63) is 54.4 Å². The van der Waals surface area contributed by atoms with Crippen molar-refractivity contribution in [3.63, 3.8) is 0 Å². The number of aromatic nitrogens is 3. The quantitative estimate of drug-likeness (QED) is 0.806. The van der Waals surface area contributed by atoms with E-state index in [2.05, 4.69) is 15.0 Å². The largest absolute Gasteiger partial charge is 0.321 e. The number of hydrogen-bond acceptors (Lipinski definition) is 4. The van der Waals surface area contributed by atoms with Crippen molar-refractivity contribution < 1.29 is 0 Å². The van der Waals surface area contributed by atoms with Gasteiger partial charge in [-0.1, -0.05) is 6.07 Å². The SMILES string of the molecule is NC(Cc1ccccn1)c1ncccn1. The second kappa shape index (κ2) is 4.61. The molecule has 0 saturated carbocycles. The molecule has 15 heavy (non-hydrogen) atoms. The topological polar surface area (TPSA) is 64.7 Å². The first-order valence-corrected chi connectivity index (χ1v) is 4.78. The molecule has 1 unspecified atom stereocenters. The Morgan fingerprint density at radius 2 is 1.73 bits per heavy atom. The molecule has 0 saturated heterocycles. The lowest BCUT2D eigenvalue weighted by molar-refractivity contribution is 0.656. The zero-order chi connectivity index (χ0) is 10.5. The Balaban J connectivity index is 2.08. The molecular formula is C11H12N4. The van der Waals surface area contributed by atoms with E-state index in [-0.39, 0.29) is 6.04 Å². The van der Waals surface area contributed by atoms with Gasteiger partial charge in [-0.2, -0.15) is 0 Å². The standard InChI is InChI=1S/C11H12N4/c12-10(11-14-6-3-7-15-11)8-9-4-1-2-5-13-9/h1-7,10H,8,12H2. The highest BCUT2D eigenvalue weighted by atomic mass is 14.9. The number of nitrogens with two attached hydrogens (primary N) is 1. The summed E-state index contributed by atoms with van der Waals surface area (Å²) in [5, 5.41) is 0. The number of rotatable bonds is 3. The molecule has 2 aromatic rings. The van der Waals surface area contributed by atoms with Gasteiger partial charge in [-0.3, -0.25) is 4.98 Å². The van der Waals surface area contributed by atoms with Crippen molar-refractivity contribution >= 4 is 0 Å². The Kier molecular flexibility index (Phi) is 2.99. The molecule has 4 nitrogen and oxygen atoms in total. The average Bonchev–Trinajstić information content (AvgIpc) is 2.31. The van der Waals surface area contributed by atoms with Crippen LogP contribution in [0.15, 0.2) is 42.9 Å². The first-order valence-electron chi connectivity index (χ1n) is 4.78. The fourth-order valence-electron chi connectivity index (χ4n) is 1.34. The molecular weight excluding hydrogens is 188 g/mol. The van der Waals surface area contributed by atoms with Crippen LogP contribution in [0.4, 0.5) is 0 Å². The summed E-state index contributed by atoms with van der Waals surface area (Å²) in [7, 11) is 0. The van der Waals surface area contributed by atoms with Gasteiger partial charge in [0.25, 0.3) is 0 Å². The third-order valence-corrected chi connectivity index (χ3v) is 2.07. The third kappa shape index (κ3) is 2.57. The molecule has 1 atom stereocenters. The minimum absolute atomic E-state index is 0.193. The number of nitrogens with zero attached hydrogens (tertiary/aromatic N) is 3. The van der Waals surface area contributed by atoms with Crippen LogP contribution in [0.3, 0.4) is 0 Å². The van der Waals surface area contributed by atoms with Gasteiger partial charge in [0, 0.05) is 30.7 Å². The predicted molar refractivity (Wildman–Crippen MR) is 56.9 cm³/mol. The highest BCUT2D eigenvalue weighted by molar-refractivity contribution is 5.08. The monoisotopic (exact) mass is 200 g/mol. The normalized spacial score (nSPS) is 12.3. The van der Waals surface area contributed by atoms with Gasteiger partial charge < -0.3 is 5.73 Å². The van der Waals surface area contributed by atoms with Crippen LogP contribution < -0.4 is 5.73 Å². The fourth-order valence-corrected chi connectivity index (χ4v) is 1.34. The van der Waals surface area contributed by atoms with Gasteiger partial charge in [0.05, 0.1) is 6.04 Å². The summed E-state index contributed by atoms with van der Waals surface area (Å²) < 4.78 is 0. The van der Waals surface area contributed by atoms with Crippen molar-refractivity contribution in [1.29, 1.82) is 0 Å². The lowest BCUT2D eigenvalue weighted by Crippen LogP contribution is -2.16. The number of hydrogen-bond donors (Lipinski definition) is 1. The first-order chi connectivity index (χ1) is 7.36. The van der Waals surface area contributed by atoms with Crippen LogP contribution in [0.5, 0.6) is 0 Å². The molecule has 76 valence electrons. The van der Waals surface area contributed by atoms with Crippen molar-refractivity contribution in [2.45, 2.75) is 12.5 Å². The maximum atomic E-state index is 5.96. The van der Waals surface area contributed by atoms with Crippen molar-refractivity contribution in [3.8, 4) is 0 Å². The molecule has 0 aliphatic rings. The molecule has 2 N–H and O–H groups in total. The van der Waals surface area contributed by atoms with Gasteiger partial charge in [0.2, 0.25) is 0 Å².